The maximum Gasteiger partial charge on any atom is 0.416 e. The molecule has 2 N–H and O–H groups in total. The van der Waals surface area contributed by atoms with E-state index in [2.05, 4.69) is 15.3 Å². The van der Waals surface area contributed by atoms with E-state index in [1.54, 1.807) is 18.2 Å². The van der Waals surface area contributed by atoms with E-state index in [4.69, 9.17) is 19.3 Å². The molecular weight excluding hydrogens is 465 g/mol. The van der Waals surface area contributed by atoms with Crippen LogP contribution < -0.4 is 14.8 Å². The molecule has 0 aliphatic carbocycles. The number of nitrogens with one attached hydrogen (secondary N) is 1. The Balaban J connectivity index is 1.56. The second kappa shape index (κ2) is 10.6. The van der Waals surface area contributed by atoms with Gasteiger partial charge in [-0.1, -0.05) is 6.07 Å². The summed E-state index contributed by atoms with van der Waals surface area (Å²) in [4.78, 5) is 8.65. The van der Waals surface area contributed by atoms with Crippen LogP contribution in [-0.4, -0.2) is 46.6 Å². The number of nitrogens with zero attached hydrogens (tertiary/aromatic N) is 3. The van der Waals surface area contributed by atoms with Crippen molar-refractivity contribution in [2.45, 2.75) is 12.7 Å². The predicted octanol–water partition coefficient (Wildman–Crippen LogP) is 5.00. The van der Waals surface area contributed by atoms with E-state index in [1.165, 1.54) is 25.6 Å². The van der Waals surface area contributed by atoms with Crippen molar-refractivity contribution in [2.24, 2.45) is 0 Å². The summed E-state index contributed by atoms with van der Waals surface area (Å²) in [5.41, 5.74) is 1.33. The average Bonchev–Trinajstić information content (AvgIpc) is 3.26. The summed E-state index contributed by atoms with van der Waals surface area (Å²) < 4.78 is 57.4. The van der Waals surface area contributed by atoms with Crippen LogP contribution in [0.5, 0.6) is 17.2 Å². The molecule has 184 valence electrons. The Bertz CT molecular complexity index is 1290. The summed E-state index contributed by atoms with van der Waals surface area (Å²) >= 11 is 0. The molecule has 4 aromatic rings. The third kappa shape index (κ3) is 5.81. The number of benzene rings is 2. The minimum Gasteiger partial charge on any atom is -0.493 e. The number of hydrogen-bond donors (Lipinski definition) is 2. The minimum absolute atomic E-state index is 0.0394. The van der Waals surface area contributed by atoms with Crippen molar-refractivity contribution in [3.63, 3.8) is 0 Å². The van der Waals surface area contributed by atoms with Crippen LogP contribution in [-0.2, 0) is 17.5 Å². The Morgan fingerprint density at radius 2 is 1.89 bits per heavy atom. The monoisotopic (exact) mass is 488 g/mol. The zero-order valence-corrected chi connectivity index (χ0v) is 18.7. The summed E-state index contributed by atoms with van der Waals surface area (Å²) in [6.07, 6.45) is -1.15. The number of methoxy groups -OCH3 is 1. The second-order valence-electron chi connectivity index (χ2n) is 7.42. The second-order valence-corrected chi connectivity index (χ2v) is 7.42. The van der Waals surface area contributed by atoms with Crippen LogP contribution in [0.1, 0.15) is 5.56 Å². The molecule has 35 heavy (non-hydrogen) atoms. The molecule has 0 saturated heterocycles. The maximum absolute atomic E-state index is 13.0. The van der Waals surface area contributed by atoms with Crippen molar-refractivity contribution < 1.29 is 32.5 Å². The molecule has 2 heterocycles. The largest absolute Gasteiger partial charge is 0.493 e. The number of aromatic nitrogens is 3. The first-order valence-corrected chi connectivity index (χ1v) is 10.7. The highest BCUT2D eigenvalue weighted by atomic mass is 19.4. The fraction of sp³-hybridized carbons (Fsp3) is 0.250. The van der Waals surface area contributed by atoms with Gasteiger partial charge in [-0.15, -0.1) is 0 Å². The van der Waals surface area contributed by atoms with E-state index < -0.39 is 11.7 Å². The van der Waals surface area contributed by atoms with Crippen molar-refractivity contribution in [1.82, 2.24) is 14.5 Å². The standard InChI is InChI=1S/C24H23F3N4O4/c1-33-21-14-17(5-6-20(21)35-18-4-2-3-16(13-18)24(25,26)27)30-23-22-19(28-15-29-23)7-8-31(22)9-11-34-12-10-32/h2-8,13-15,32H,9-12H2,1H3,(H,28,29,30). The van der Waals surface area contributed by atoms with E-state index in [9.17, 15) is 13.2 Å². The summed E-state index contributed by atoms with van der Waals surface area (Å²) in [7, 11) is 1.44. The Kier molecular flexibility index (Phi) is 7.37. The van der Waals surface area contributed by atoms with Gasteiger partial charge >= 0.3 is 6.18 Å². The van der Waals surface area contributed by atoms with E-state index in [1.807, 2.05) is 16.8 Å². The van der Waals surface area contributed by atoms with Gasteiger partial charge in [-0.25, -0.2) is 9.97 Å². The SMILES string of the molecule is COc1cc(Nc2ncnc3ccn(CCOCCO)c23)ccc1Oc1cccc(C(F)(F)F)c1. The van der Waals surface area contributed by atoms with Crippen LogP contribution in [0, 0.1) is 0 Å². The topological polar surface area (TPSA) is 90.7 Å². The normalized spacial score (nSPS) is 11.6. The van der Waals surface area contributed by atoms with Gasteiger partial charge in [-0.2, -0.15) is 13.2 Å². The smallest absolute Gasteiger partial charge is 0.416 e. The van der Waals surface area contributed by atoms with Crippen LogP contribution in [0.2, 0.25) is 0 Å². The van der Waals surface area contributed by atoms with Crippen LogP contribution in [0.4, 0.5) is 24.7 Å². The van der Waals surface area contributed by atoms with Crippen LogP contribution in [0.3, 0.4) is 0 Å². The molecule has 2 aromatic carbocycles. The number of hydrogen-bond acceptors (Lipinski definition) is 7. The number of anilines is 2. The molecule has 0 fully saturated rings. The lowest BCUT2D eigenvalue weighted by atomic mass is 10.2. The van der Waals surface area contributed by atoms with Crippen LogP contribution >= 0.6 is 0 Å². The molecule has 11 heteroatoms. The van der Waals surface area contributed by atoms with Crippen LogP contribution in [0.25, 0.3) is 11.0 Å². The number of alkyl halides is 3. The first-order chi connectivity index (χ1) is 16.9. The highest BCUT2D eigenvalue weighted by Gasteiger charge is 2.30. The minimum atomic E-state index is -4.47. The maximum atomic E-state index is 13.0. The van der Waals surface area contributed by atoms with Crippen molar-refractivity contribution in [1.29, 1.82) is 0 Å². The van der Waals surface area contributed by atoms with E-state index >= 15 is 0 Å². The van der Waals surface area contributed by atoms with Gasteiger partial charge in [0.05, 0.1) is 38.0 Å². The lowest BCUT2D eigenvalue weighted by molar-refractivity contribution is -0.137. The summed E-state index contributed by atoms with van der Waals surface area (Å²) in [5.74, 6) is 1.17. The first kappa shape index (κ1) is 24.3. The molecular formula is C24H23F3N4O4. The first-order valence-electron chi connectivity index (χ1n) is 10.7. The Morgan fingerprint density at radius 3 is 2.66 bits per heavy atom. The van der Waals surface area contributed by atoms with E-state index in [0.29, 0.717) is 30.4 Å². The van der Waals surface area contributed by atoms with Crippen LogP contribution in [0.15, 0.2) is 61.1 Å². The Morgan fingerprint density at radius 1 is 1.03 bits per heavy atom. The Hall–Kier alpha value is -3.83. The van der Waals surface area contributed by atoms with Gasteiger partial charge in [0.15, 0.2) is 17.3 Å². The summed E-state index contributed by atoms with van der Waals surface area (Å²) in [6.45, 7) is 1.17. The lowest BCUT2D eigenvalue weighted by Gasteiger charge is -2.15. The quantitative estimate of drug-likeness (QED) is 0.304. The van der Waals surface area contributed by atoms with Gasteiger partial charge in [0, 0.05) is 24.5 Å². The molecule has 0 atom stereocenters. The van der Waals surface area contributed by atoms with Gasteiger partial charge in [0.2, 0.25) is 0 Å². The van der Waals surface area contributed by atoms with Crippen molar-refractivity contribution >= 4 is 22.5 Å². The number of ether oxygens (including phenoxy) is 3. The number of aliphatic hydroxyl groups is 1. The lowest BCUT2D eigenvalue weighted by Crippen LogP contribution is -2.09. The van der Waals surface area contributed by atoms with Crippen molar-refractivity contribution in [3.05, 3.63) is 66.6 Å². The van der Waals surface area contributed by atoms with Gasteiger partial charge in [0.1, 0.15) is 17.6 Å². The van der Waals surface area contributed by atoms with Gasteiger partial charge in [-0.05, 0) is 36.4 Å². The molecule has 8 nitrogen and oxygen atoms in total. The molecule has 0 spiro atoms. The molecule has 0 aliphatic heterocycles. The molecule has 2 aromatic heterocycles. The zero-order chi connectivity index (χ0) is 24.8. The summed E-state index contributed by atoms with van der Waals surface area (Å²) in [6, 6.07) is 11.5. The number of aliphatic hydroxyl groups excluding tert-OH is 1. The molecule has 0 bridgehead atoms. The third-order valence-corrected chi connectivity index (χ3v) is 5.08. The number of rotatable bonds is 10. The molecule has 0 unspecified atom stereocenters. The predicted molar refractivity (Wildman–Crippen MR) is 123 cm³/mol. The van der Waals surface area contributed by atoms with Crippen molar-refractivity contribution in [3.8, 4) is 17.2 Å². The molecule has 0 radical (unpaired) electrons. The Labute approximate surface area is 198 Å². The molecule has 0 amide bonds. The highest BCUT2D eigenvalue weighted by Crippen LogP contribution is 2.37. The number of halogens is 3. The van der Waals surface area contributed by atoms with E-state index in [-0.39, 0.29) is 24.7 Å². The zero-order valence-electron chi connectivity index (χ0n) is 18.7. The molecule has 0 saturated carbocycles. The summed E-state index contributed by atoms with van der Waals surface area (Å²) in [5, 5.41) is 12.1. The van der Waals surface area contributed by atoms with E-state index in [0.717, 1.165) is 23.2 Å². The highest BCUT2D eigenvalue weighted by molar-refractivity contribution is 5.88. The molecule has 0 aliphatic rings. The third-order valence-electron chi connectivity index (χ3n) is 5.08. The fourth-order valence-corrected chi connectivity index (χ4v) is 3.47. The number of fused-ring (bicyclic) bond motifs is 1. The van der Waals surface area contributed by atoms with Gasteiger partial charge in [0.25, 0.3) is 0 Å². The molecule has 4 rings (SSSR count). The fourth-order valence-electron chi connectivity index (χ4n) is 3.47. The van der Waals surface area contributed by atoms with Gasteiger partial charge < -0.3 is 29.2 Å². The average molecular weight is 488 g/mol. The van der Waals surface area contributed by atoms with Gasteiger partial charge in [-0.3, -0.25) is 0 Å². The van der Waals surface area contributed by atoms with Crippen molar-refractivity contribution in [2.75, 3.05) is 32.2 Å².